The molecule has 1 amide bonds. The van der Waals surface area contributed by atoms with Crippen molar-refractivity contribution in [2.45, 2.75) is 25.7 Å². The predicted molar refractivity (Wildman–Crippen MR) is 98.4 cm³/mol. The molecule has 0 saturated heterocycles. The molecule has 0 bridgehead atoms. The Bertz CT molecular complexity index is 913. The van der Waals surface area contributed by atoms with Crippen LogP contribution in [0.15, 0.2) is 42.6 Å². The molecule has 6 nitrogen and oxygen atoms in total. The van der Waals surface area contributed by atoms with Crippen molar-refractivity contribution in [2.75, 3.05) is 13.7 Å². The van der Waals surface area contributed by atoms with E-state index in [1.165, 1.54) is 12.8 Å². The van der Waals surface area contributed by atoms with Gasteiger partial charge in [0.1, 0.15) is 11.6 Å². The molecule has 6 heteroatoms. The van der Waals surface area contributed by atoms with Crippen LogP contribution in [0.3, 0.4) is 0 Å². The highest BCUT2D eigenvalue weighted by molar-refractivity contribution is 5.94. The van der Waals surface area contributed by atoms with Gasteiger partial charge in [-0.1, -0.05) is 12.1 Å². The topological polar surface area (TPSA) is 68.5 Å². The highest BCUT2D eigenvalue weighted by Crippen LogP contribution is 2.32. The van der Waals surface area contributed by atoms with Gasteiger partial charge in [0.05, 0.1) is 12.7 Å². The van der Waals surface area contributed by atoms with E-state index in [1.54, 1.807) is 13.2 Å². The first kappa shape index (κ1) is 16.6. The second-order valence-electron chi connectivity index (χ2n) is 6.76. The van der Waals surface area contributed by atoms with E-state index < -0.39 is 0 Å². The van der Waals surface area contributed by atoms with Gasteiger partial charge in [0.15, 0.2) is 5.65 Å². The molecule has 3 aromatic rings. The lowest BCUT2D eigenvalue weighted by Crippen LogP contribution is -2.26. The van der Waals surface area contributed by atoms with Gasteiger partial charge in [-0.15, -0.1) is 10.2 Å². The van der Waals surface area contributed by atoms with E-state index >= 15 is 0 Å². The molecule has 0 aliphatic heterocycles. The summed E-state index contributed by atoms with van der Waals surface area (Å²) in [5, 5.41) is 11.4. The number of aromatic nitrogens is 3. The van der Waals surface area contributed by atoms with Crippen molar-refractivity contribution in [3.63, 3.8) is 0 Å². The molecule has 0 radical (unpaired) electrons. The second-order valence-corrected chi connectivity index (χ2v) is 6.76. The van der Waals surface area contributed by atoms with Gasteiger partial charge in [-0.05, 0) is 55.0 Å². The number of nitrogens with zero attached hydrogens (tertiary/aromatic N) is 3. The molecule has 1 saturated carbocycles. The molecule has 1 aromatic carbocycles. The van der Waals surface area contributed by atoms with Gasteiger partial charge >= 0.3 is 0 Å². The molecule has 0 atom stereocenters. The monoisotopic (exact) mass is 350 g/mol. The molecule has 2 heterocycles. The number of amides is 1. The zero-order valence-electron chi connectivity index (χ0n) is 14.8. The first-order valence-electron chi connectivity index (χ1n) is 8.98. The summed E-state index contributed by atoms with van der Waals surface area (Å²) >= 11 is 0. The summed E-state index contributed by atoms with van der Waals surface area (Å²) in [7, 11) is 1.65. The zero-order chi connectivity index (χ0) is 17.9. The van der Waals surface area contributed by atoms with Crippen LogP contribution < -0.4 is 10.1 Å². The van der Waals surface area contributed by atoms with Crippen molar-refractivity contribution in [1.29, 1.82) is 0 Å². The summed E-state index contributed by atoms with van der Waals surface area (Å²) in [6.45, 7) is 0.584. The second kappa shape index (κ2) is 7.15. The van der Waals surface area contributed by atoms with Crippen LogP contribution in [0.2, 0.25) is 0 Å². The summed E-state index contributed by atoms with van der Waals surface area (Å²) in [5.41, 5.74) is 2.58. The van der Waals surface area contributed by atoms with Gasteiger partial charge in [0.2, 0.25) is 0 Å². The fourth-order valence-corrected chi connectivity index (χ4v) is 3.01. The van der Waals surface area contributed by atoms with Gasteiger partial charge in [-0.3, -0.25) is 9.20 Å². The Morgan fingerprint density at radius 2 is 2.00 bits per heavy atom. The highest BCUT2D eigenvalue weighted by atomic mass is 16.5. The van der Waals surface area contributed by atoms with E-state index in [9.17, 15) is 4.79 Å². The minimum Gasteiger partial charge on any atom is -0.497 e. The molecule has 1 aliphatic carbocycles. The van der Waals surface area contributed by atoms with Gasteiger partial charge in [-0.2, -0.15) is 0 Å². The number of hydrogen-bond donors (Lipinski definition) is 1. The third-order valence-corrected chi connectivity index (χ3v) is 4.76. The maximum Gasteiger partial charge on any atom is 0.252 e. The number of hydrogen-bond acceptors (Lipinski definition) is 4. The average Bonchev–Trinajstić information content (AvgIpc) is 3.41. The number of ether oxygens (including phenoxy) is 1. The van der Waals surface area contributed by atoms with E-state index in [-0.39, 0.29) is 5.91 Å². The Hall–Kier alpha value is -2.89. The first-order valence-corrected chi connectivity index (χ1v) is 8.98. The number of rotatable bonds is 7. The van der Waals surface area contributed by atoms with E-state index in [0.29, 0.717) is 12.1 Å². The minimum absolute atomic E-state index is 0.0773. The molecule has 4 rings (SSSR count). The Morgan fingerprint density at radius 1 is 1.19 bits per heavy atom. The lowest BCUT2D eigenvalue weighted by molar-refractivity contribution is 0.0953. The lowest BCUT2D eigenvalue weighted by Gasteiger charge is -2.07. The van der Waals surface area contributed by atoms with Crippen LogP contribution >= 0.6 is 0 Å². The first-order chi connectivity index (χ1) is 12.7. The SMILES string of the molecule is COc1ccc(CCNC(=O)c2ccc3nnc(CC4CC4)n3c2)cc1. The quantitative estimate of drug-likeness (QED) is 0.711. The van der Waals surface area contributed by atoms with Crippen molar-refractivity contribution in [3.05, 3.63) is 59.5 Å². The standard InChI is InChI=1S/C20H22N4O2/c1-26-17-7-4-14(5-8-17)10-11-21-20(25)16-6-9-18-22-23-19(24(18)13-16)12-15-2-3-15/h4-9,13,15H,2-3,10-12H2,1H3,(H,21,25). The normalized spacial score (nSPS) is 13.7. The largest absolute Gasteiger partial charge is 0.497 e. The average molecular weight is 350 g/mol. The smallest absolute Gasteiger partial charge is 0.252 e. The van der Waals surface area contributed by atoms with Crippen molar-refractivity contribution in [3.8, 4) is 5.75 Å². The summed E-state index contributed by atoms with van der Waals surface area (Å²) in [4.78, 5) is 12.5. The third kappa shape index (κ3) is 3.69. The van der Waals surface area contributed by atoms with Crippen molar-refractivity contribution < 1.29 is 9.53 Å². The number of methoxy groups -OCH3 is 1. The summed E-state index contributed by atoms with van der Waals surface area (Å²) in [5.74, 6) is 2.42. The Balaban J connectivity index is 1.38. The molecule has 2 aromatic heterocycles. The third-order valence-electron chi connectivity index (χ3n) is 4.76. The van der Waals surface area contributed by atoms with Crippen molar-refractivity contribution in [1.82, 2.24) is 19.9 Å². The van der Waals surface area contributed by atoms with Crippen LogP contribution in [0.4, 0.5) is 0 Å². The van der Waals surface area contributed by atoms with Gasteiger partial charge in [-0.25, -0.2) is 0 Å². The van der Waals surface area contributed by atoms with Crippen LogP contribution in [-0.2, 0) is 12.8 Å². The maximum atomic E-state index is 12.5. The highest BCUT2D eigenvalue weighted by Gasteiger charge is 2.24. The summed E-state index contributed by atoms with van der Waals surface area (Å²) in [6, 6.07) is 11.5. The fraction of sp³-hybridized carbons (Fsp3) is 0.350. The molecule has 134 valence electrons. The molecular formula is C20H22N4O2. The van der Waals surface area contributed by atoms with Crippen LogP contribution in [0.1, 0.15) is 34.6 Å². The Morgan fingerprint density at radius 3 is 2.73 bits per heavy atom. The van der Waals surface area contributed by atoms with Crippen molar-refractivity contribution in [2.24, 2.45) is 5.92 Å². The number of benzene rings is 1. The number of carbonyl (C=O) groups excluding carboxylic acids is 1. The molecule has 1 N–H and O–H groups in total. The van der Waals surface area contributed by atoms with Gasteiger partial charge in [0, 0.05) is 19.2 Å². The molecule has 1 fully saturated rings. The van der Waals surface area contributed by atoms with Crippen LogP contribution in [0, 0.1) is 5.92 Å². The molecule has 1 aliphatic rings. The van der Waals surface area contributed by atoms with E-state index in [0.717, 1.165) is 41.5 Å². The lowest BCUT2D eigenvalue weighted by atomic mass is 10.1. The van der Waals surface area contributed by atoms with Crippen LogP contribution in [-0.4, -0.2) is 34.2 Å². The Kier molecular flexibility index (Phi) is 4.56. The minimum atomic E-state index is -0.0773. The molecule has 26 heavy (non-hydrogen) atoms. The maximum absolute atomic E-state index is 12.5. The van der Waals surface area contributed by atoms with Gasteiger partial charge in [0.25, 0.3) is 5.91 Å². The van der Waals surface area contributed by atoms with Crippen LogP contribution in [0.25, 0.3) is 5.65 Å². The van der Waals surface area contributed by atoms with E-state index in [1.807, 2.05) is 40.9 Å². The number of pyridine rings is 1. The molecule has 0 spiro atoms. The number of carbonyl (C=O) groups is 1. The number of fused-ring (bicyclic) bond motifs is 1. The molecule has 0 unspecified atom stereocenters. The van der Waals surface area contributed by atoms with Crippen molar-refractivity contribution >= 4 is 11.6 Å². The van der Waals surface area contributed by atoms with Gasteiger partial charge < -0.3 is 10.1 Å². The molecular weight excluding hydrogens is 328 g/mol. The van der Waals surface area contributed by atoms with Crippen LogP contribution in [0.5, 0.6) is 5.75 Å². The zero-order valence-corrected chi connectivity index (χ0v) is 14.8. The number of nitrogens with one attached hydrogen (secondary N) is 1. The fourth-order valence-electron chi connectivity index (χ4n) is 3.01. The predicted octanol–water partition coefficient (Wildman–Crippen LogP) is 2.66. The van der Waals surface area contributed by atoms with E-state index in [4.69, 9.17) is 4.74 Å². The Labute approximate surface area is 152 Å². The van der Waals surface area contributed by atoms with E-state index in [2.05, 4.69) is 15.5 Å². The summed E-state index contributed by atoms with van der Waals surface area (Å²) in [6.07, 6.45) is 6.08. The summed E-state index contributed by atoms with van der Waals surface area (Å²) < 4.78 is 7.09.